The fourth-order valence-corrected chi connectivity index (χ4v) is 4.50. The quantitative estimate of drug-likeness (QED) is 0.644. The third kappa shape index (κ3) is 4.38. The molecular formula is C21H24N4O3S. The highest BCUT2D eigenvalue weighted by molar-refractivity contribution is 7.89. The second-order valence-electron chi connectivity index (χ2n) is 6.50. The maximum atomic E-state index is 12.8. The first kappa shape index (κ1) is 20.8. The lowest BCUT2D eigenvalue weighted by molar-refractivity contribution is 0.102. The number of amides is 1. The molecule has 0 fully saturated rings. The second kappa shape index (κ2) is 8.59. The molecule has 1 heterocycles. The first-order valence-corrected chi connectivity index (χ1v) is 10.8. The monoisotopic (exact) mass is 412 g/mol. The van der Waals surface area contributed by atoms with E-state index in [9.17, 15) is 13.2 Å². The third-order valence-corrected chi connectivity index (χ3v) is 6.69. The zero-order valence-corrected chi connectivity index (χ0v) is 17.5. The number of hydrogen-bond acceptors (Lipinski definition) is 4. The van der Waals surface area contributed by atoms with Crippen LogP contribution in [0.5, 0.6) is 0 Å². The Kier molecular flexibility index (Phi) is 6.14. The van der Waals surface area contributed by atoms with Gasteiger partial charge in [-0.3, -0.25) is 4.79 Å². The van der Waals surface area contributed by atoms with Crippen LogP contribution in [0.2, 0.25) is 0 Å². The van der Waals surface area contributed by atoms with Crippen molar-refractivity contribution in [2.75, 3.05) is 18.4 Å². The van der Waals surface area contributed by atoms with Gasteiger partial charge < -0.3 is 5.32 Å². The van der Waals surface area contributed by atoms with Gasteiger partial charge in [0.05, 0.1) is 10.6 Å². The van der Waals surface area contributed by atoms with E-state index < -0.39 is 15.9 Å². The van der Waals surface area contributed by atoms with Crippen LogP contribution in [0.15, 0.2) is 65.7 Å². The highest BCUT2D eigenvalue weighted by atomic mass is 32.2. The minimum Gasteiger partial charge on any atom is -0.305 e. The van der Waals surface area contributed by atoms with Gasteiger partial charge >= 0.3 is 0 Å². The average Bonchev–Trinajstić information content (AvgIpc) is 3.18. The third-order valence-electron chi connectivity index (χ3n) is 4.65. The maximum absolute atomic E-state index is 12.8. The largest absolute Gasteiger partial charge is 0.305 e. The number of nitrogens with zero attached hydrogens (tertiary/aromatic N) is 3. The Hall–Kier alpha value is -2.97. The molecule has 0 aliphatic heterocycles. The van der Waals surface area contributed by atoms with Crippen molar-refractivity contribution in [3.8, 4) is 5.69 Å². The summed E-state index contributed by atoms with van der Waals surface area (Å²) in [4.78, 5) is 12.9. The van der Waals surface area contributed by atoms with Gasteiger partial charge in [0.15, 0.2) is 5.82 Å². The summed E-state index contributed by atoms with van der Waals surface area (Å²) < 4.78 is 28.6. The molecule has 0 unspecified atom stereocenters. The molecule has 1 N–H and O–H groups in total. The minimum absolute atomic E-state index is 0.103. The van der Waals surface area contributed by atoms with E-state index in [0.717, 1.165) is 5.69 Å². The number of rotatable bonds is 7. The lowest BCUT2D eigenvalue weighted by atomic mass is 10.1. The number of carbonyl (C=O) groups is 1. The van der Waals surface area contributed by atoms with Gasteiger partial charge in [0, 0.05) is 30.9 Å². The Morgan fingerprint density at radius 2 is 1.76 bits per heavy atom. The van der Waals surface area contributed by atoms with Crippen molar-refractivity contribution in [1.82, 2.24) is 14.1 Å². The summed E-state index contributed by atoms with van der Waals surface area (Å²) in [5.74, 6) is -0.0207. The van der Waals surface area contributed by atoms with Crippen molar-refractivity contribution >= 4 is 21.7 Å². The number of carbonyl (C=O) groups excluding carboxylic acids is 1. The summed E-state index contributed by atoms with van der Waals surface area (Å²) in [6.45, 7) is 6.07. The Bertz CT molecular complexity index is 1100. The normalized spacial score (nSPS) is 11.6. The fraction of sp³-hybridized carbons (Fsp3) is 0.238. The van der Waals surface area contributed by atoms with Crippen molar-refractivity contribution in [2.45, 2.75) is 25.7 Å². The summed E-state index contributed by atoms with van der Waals surface area (Å²) in [6.07, 6.45) is 1.75. The number of hydrogen-bond donors (Lipinski definition) is 1. The van der Waals surface area contributed by atoms with Crippen LogP contribution in [0.25, 0.3) is 5.69 Å². The van der Waals surface area contributed by atoms with Crippen LogP contribution in [0.3, 0.4) is 0 Å². The molecule has 0 atom stereocenters. The molecule has 0 spiro atoms. The van der Waals surface area contributed by atoms with Gasteiger partial charge in [-0.25, -0.2) is 13.1 Å². The Morgan fingerprint density at radius 1 is 1.07 bits per heavy atom. The van der Waals surface area contributed by atoms with Crippen molar-refractivity contribution in [3.05, 3.63) is 71.9 Å². The molecule has 1 aromatic heterocycles. The topological polar surface area (TPSA) is 84.3 Å². The van der Waals surface area contributed by atoms with E-state index in [0.29, 0.717) is 30.0 Å². The predicted octanol–water partition coefficient (Wildman–Crippen LogP) is 3.46. The number of anilines is 1. The molecule has 29 heavy (non-hydrogen) atoms. The zero-order chi connectivity index (χ0) is 21.0. The molecule has 0 radical (unpaired) electrons. The summed E-state index contributed by atoms with van der Waals surface area (Å²) in [7, 11) is -3.65. The molecule has 0 aliphatic rings. The van der Waals surface area contributed by atoms with Gasteiger partial charge in [-0.1, -0.05) is 38.1 Å². The molecule has 0 saturated carbocycles. The van der Waals surface area contributed by atoms with Gasteiger partial charge in [-0.05, 0) is 36.8 Å². The van der Waals surface area contributed by atoms with E-state index in [4.69, 9.17) is 0 Å². The van der Waals surface area contributed by atoms with Crippen LogP contribution in [-0.2, 0) is 10.0 Å². The van der Waals surface area contributed by atoms with Crippen LogP contribution in [-0.4, -0.2) is 41.5 Å². The predicted molar refractivity (Wildman–Crippen MR) is 113 cm³/mol. The lowest BCUT2D eigenvalue weighted by Gasteiger charge is -2.19. The Balaban J connectivity index is 1.86. The van der Waals surface area contributed by atoms with Crippen LogP contribution in [0, 0.1) is 6.92 Å². The maximum Gasteiger partial charge on any atom is 0.257 e. The van der Waals surface area contributed by atoms with E-state index in [2.05, 4.69) is 10.4 Å². The highest BCUT2D eigenvalue weighted by Gasteiger charge is 2.23. The first-order valence-electron chi connectivity index (χ1n) is 9.40. The minimum atomic E-state index is -3.65. The molecule has 3 rings (SSSR count). The van der Waals surface area contributed by atoms with E-state index in [1.54, 1.807) is 43.8 Å². The molecule has 8 heteroatoms. The van der Waals surface area contributed by atoms with Gasteiger partial charge in [0.2, 0.25) is 10.0 Å². The standard InChI is InChI=1S/C21H24N4O3S/c1-4-24(5-2)29(27,28)18-12-11-16(3)19(15-18)21(26)22-20-13-14-25(23-20)17-9-7-6-8-10-17/h6-15H,4-5H2,1-3H3,(H,22,23,26). The van der Waals surface area contributed by atoms with Crippen LogP contribution >= 0.6 is 0 Å². The first-order chi connectivity index (χ1) is 13.9. The molecule has 0 bridgehead atoms. The number of aryl methyl sites for hydroxylation is 1. The van der Waals surface area contributed by atoms with Crippen molar-refractivity contribution in [3.63, 3.8) is 0 Å². The van der Waals surface area contributed by atoms with Gasteiger partial charge in [-0.15, -0.1) is 0 Å². The van der Waals surface area contributed by atoms with Crippen LogP contribution in [0.4, 0.5) is 5.82 Å². The Morgan fingerprint density at radius 3 is 2.41 bits per heavy atom. The molecule has 7 nitrogen and oxygen atoms in total. The molecule has 0 saturated heterocycles. The van der Waals surface area contributed by atoms with Gasteiger partial charge in [0.25, 0.3) is 5.91 Å². The average molecular weight is 413 g/mol. The molecule has 3 aromatic rings. The molecule has 0 aliphatic carbocycles. The summed E-state index contributed by atoms with van der Waals surface area (Å²) >= 11 is 0. The zero-order valence-electron chi connectivity index (χ0n) is 16.7. The summed E-state index contributed by atoms with van der Waals surface area (Å²) in [5.41, 5.74) is 1.85. The van der Waals surface area contributed by atoms with Crippen molar-refractivity contribution in [1.29, 1.82) is 0 Å². The molecule has 152 valence electrons. The number of para-hydroxylation sites is 1. The molecule has 2 aromatic carbocycles. The van der Waals surface area contributed by atoms with Crippen LogP contribution < -0.4 is 5.32 Å². The number of benzene rings is 2. The second-order valence-corrected chi connectivity index (χ2v) is 8.44. The number of aromatic nitrogens is 2. The smallest absolute Gasteiger partial charge is 0.257 e. The lowest BCUT2D eigenvalue weighted by Crippen LogP contribution is -2.30. The fourth-order valence-electron chi connectivity index (χ4n) is 3.02. The molecular weight excluding hydrogens is 388 g/mol. The van der Waals surface area contributed by atoms with Crippen molar-refractivity contribution < 1.29 is 13.2 Å². The molecule has 1 amide bonds. The summed E-state index contributed by atoms with van der Waals surface area (Å²) in [5, 5.41) is 7.11. The highest BCUT2D eigenvalue weighted by Crippen LogP contribution is 2.21. The Labute approximate surface area is 171 Å². The number of nitrogens with one attached hydrogen (secondary N) is 1. The van der Waals surface area contributed by atoms with Gasteiger partial charge in [0.1, 0.15) is 0 Å². The summed E-state index contributed by atoms with van der Waals surface area (Å²) in [6, 6.07) is 15.8. The van der Waals surface area contributed by atoms with Crippen molar-refractivity contribution in [2.24, 2.45) is 0 Å². The SMILES string of the molecule is CCN(CC)S(=O)(=O)c1ccc(C)c(C(=O)Nc2ccn(-c3ccccc3)n2)c1. The van der Waals surface area contributed by atoms with E-state index >= 15 is 0 Å². The van der Waals surface area contributed by atoms with Crippen LogP contribution in [0.1, 0.15) is 29.8 Å². The van der Waals surface area contributed by atoms with E-state index in [-0.39, 0.29) is 4.90 Å². The van der Waals surface area contributed by atoms with Gasteiger partial charge in [-0.2, -0.15) is 9.40 Å². The van der Waals surface area contributed by atoms with E-state index in [1.165, 1.54) is 16.4 Å². The van der Waals surface area contributed by atoms with E-state index in [1.807, 2.05) is 30.3 Å². The number of sulfonamides is 1.